The first-order valence-electron chi connectivity index (χ1n) is 6.39. The number of halogens is 1. The Bertz CT molecular complexity index is 474. The number of hydrogen-bond acceptors (Lipinski definition) is 4. The SMILES string of the molecule is CCCn1ncc(N2CCC[C@@H](N)C2)c(Cl)c1=O. The summed E-state index contributed by atoms with van der Waals surface area (Å²) in [5.74, 6) is 0. The highest BCUT2D eigenvalue weighted by Gasteiger charge is 2.21. The minimum atomic E-state index is -0.213. The number of aromatic nitrogens is 2. The standard InChI is InChI=1S/C12H19ClN4O/c1-2-5-17-12(18)11(13)10(7-15-17)16-6-3-4-9(14)8-16/h7,9H,2-6,8,14H2,1H3/t9-/m1/s1. The van der Waals surface area contributed by atoms with Crippen LogP contribution in [-0.2, 0) is 6.54 Å². The summed E-state index contributed by atoms with van der Waals surface area (Å²) >= 11 is 6.16. The second-order valence-corrected chi connectivity index (χ2v) is 5.10. The fourth-order valence-electron chi connectivity index (χ4n) is 2.28. The number of rotatable bonds is 3. The molecular weight excluding hydrogens is 252 g/mol. The van der Waals surface area contributed by atoms with Crippen LogP contribution in [0.5, 0.6) is 0 Å². The van der Waals surface area contributed by atoms with Crippen molar-refractivity contribution in [3.05, 3.63) is 21.6 Å². The number of hydrogen-bond donors (Lipinski definition) is 1. The van der Waals surface area contributed by atoms with Crippen molar-refractivity contribution in [2.75, 3.05) is 18.0 Å². The quantitative estimate of drug-likeness (QED) is 0.897. The molecule has 1 atom stereocenters. The van der Waals surface area contributed by atoms with Crippen molar-refractivity contribution in [1.82, 2.24) is 9.78 Å². The third-order valence-electron chi connectivity index (χ3n) is 3.20. The highest BCUT2D eigenvalue weighted by molar-refractivity contribution is 6.33. The molecule has 1 fully saturated rings. The molecule has 2 rings (SSSR count). The predicted molar refractivity (Wildman–Crippen MR) is 73.2 cm³/mol. The van der Waals surface area contributed by atoms with Crippen LogP contribution in [0, 0.1) is 0 Å². The molecule has 0 spiro atoms. The van der Waals surface area contributed by atoms with Gasteiger partial charge in [0.25, 0.3) is 5.56 Å². The maximum atomic E-state index is 12.0. The van der Waals surface area contributed by atoms with Gasteiger partial charge < -0.3 is 10.6 Å². The van der Waals surface area contributed by atoms with Gasteiger partial charge in [-0.05, 0) is 19.3 Å². The second-order valence-electron chi connectivity index (χ2n) is 4.72. The van der Waals surface area contributed by atoms with E-state index in [0.29, 0.717) is 12.2 Å². The molecule has 1 saturated heterocycles. The third-order valence-corrected chi connectivity index (χ3v) is 3.56. The van der Waals surface area contributed by atoms with E-state index in [4.69, 9.17) is 17.3 Å². The minimum Gasteiger partial charge on any atom is -0.367 e. The van der Waals surface area contributed by atoms with Crippen molar-refractivity contribution in [2.24, 2.45) is 5.73 Å². The average molecular weight is 271 g/mol. The Morgan fingerprint density at radius 1 is 1.61 bits per heavy atom. The zero-order valence-corrected chi connectivity index (χ0v) is 11.4. The molecule has 100 valence electrons. The van der Waals surface area contributed by atoms with E-state index in [1.54, 1.807) is 6.20 Å². The Morgan fingerprint density at radius 2 is 2.39 bits per heavy atom. The number of aryl methyl sites for hydroxylation is 1. The van der Waals surface area contributed by atoms with Crippen molar-refractivity contribution >= 4 is 17.3 Å². The third kappa shape index (κ3) is 2.67. The molecule has 1 aliphatic rings. The predicted octanol–water partition coefficient (Wildman–Crippen LogP) is 1.23. The van der Waals surface area contributed by atoms with Crippen LogP contribution in [0.2, 0.25) is 5.02 Å². The van der Waals surface area contributed by atoms with Gasteiger partial charge in [0, 0.05) is 25.7 Å². The Morgan fingerprint density at radius 3 is 3.06 bits per heavy atom. The molecule has 0 bridgehead atoms. The van der Waals surface area contributed by atoms with Crippen LogP contribution < -0.4 is 16.2 Å². The summed E-state index contributed by atoms with van der Waals surface area (Å²) in [5.41, 5.74) is 6.44. The molecule has 0 amide bonds. The van der Waals surface area contributed by atoms with Gasteiger partial charge in [0.15, 0.2) is 0 Å². The number of piperidine rings is 1. The molecule has 1 aromatic heterocycles. The summed E-state index contributed by atoms with van der Waals surface area (Å²) in [5, 5.41) is 4.42. The maximum absolute atomic E-state index is 12.0. The molecular formula is C12H19ClN4O. The van der Waals surface area contributed by atoms with Crippen molar-refractivity contribution in [1.29, 1.82) is 0 Å². The Hall–Kier alpha value is -1.07. The van der Waals surface area contributed by atoms with Gasteiger partial charge in [0.2, 0.25) is 0 Å². The monoisotopic (exact) mass is 270 g/mol. The fourth-order valence-corrected chi connectivity index (χ4v) is 2.54. The summed E-state index contributed by atoms with van der Waals surface area (Å²) in [6, 6.07) is 0.146. The van der Waals surface area contributed by atoms with E-state index < -0.39 is 0 Å². The Labute approximate surface area is 112 Å². The molecule has 6 heteroatoms. The van der Waals surface area contributed by atoms with Crippen LogP contribution in [0.15, 0.2) is 11.0 Å². The van der Waals surface area contributed by atoms with Crippen molar-refractivity contribution in [2.45, 2.75) is 38.8 Å². The van der Waals surface area contributed by atoms with E-state index in [0.717, 1.165) is 32.4 Å². The second kappa shape index (κ2) is 5.71. The lowest BCUT2D eigenvalue weighted by molar-refractivity contribution is 0.502. The topological polar surface area (TPSA) is 64.2 Å². The molecule has 18 heavy (non-hydrogen) atoms. The molecule has 5 nitrogen and oxygen atoms in total. The van der Waals surface area contributed by atoms with Gasteiger partial charge in [-0.2, -0.15) is 5.10 Å². The zero-order chi connectivity index (χ0) is 13.1. The molecule has 2 heterocycles. The number of nitrogens with zero attached hydrogens (tertiary/aromatic N) is 3. The van der Waals surface area contributed by atoms with Crippen LogP contribution in [0.4, 0.5) is 5.69 Å². The molecule has 1 aliphatic heterocycles. The van der Waals surface area contributed by atoms with Crippen molar-refractivity contribution < 1.29 is 0 Å². The van der Waals surface area contributed by atoms with E-state index in [9.17, 15) is 4.79 Å². The molecule has 1 aromatic rings. The van der Waals surface area contributed by atoms with E-state index >= 15 is 0 Å². The largest absolute Gasteiger partial charge is 0.367 e. The molecule has 0 saturated carbocycles. The fraction of sp³-hybridized carbons (Fsp3) is 0.667. The summed E-state index contributed by atoms with van der Waals surface area (Å²) in [7, 11) is 0. The zero-order valence-electron chi connectivity index (χ0n) is 10.6. The first kappa shape index (κ1) is 13.4. The van der Waals surface area contributed by atoms with Crippen LogP contribution in [-0.4, -0.2) is 28.9 Å². The van der Waals surface area contributed by atoms with E-state index in [1.807, 2.05) is 6.92 Å². The molecule has 0 aliphatic carbocycles. The first-order valence-corrected chi connectivity index (χ1v) is 6.77. The lowest BCUT2D eigenvalue weighted by Crippen LogP contribution is -2.43. The summed E-state index contributed by atoms with van der Waals surface area (Å²) in [4.78, 5) is 14.1. The van der Waals surface area contributed by atoms with Gasteiger partial charge >= 0.3 is 0 Å². The van der Waals surface area contributed by atoms with E-state index in [1.165, 1.54) is 4.68 Å². The smallest absolute Gasteiger partial charge is 0.287 e. The van der Waals surface area contributed by atoms with Crippen LogP contribution in [0.3, 0.4) is 0 Å². The summed E-state index contributed by atoms with van der Waals surface area (Å²) in [6.07, 6.45) is 4.58. The van der Waals surface area contributed by atoms with Gasteiger partial charge in [-0.1, -0.05) is 18.5 Å². The normalized spacial score (nSPS) is 20.2. The molecule has 0 aromatic carbocycles. The van der Waals surface area contributed by atoms with Gasteiger partial charge in [0.1, 0.15) is 5.02 Å². The Kier molecular flexibility index (Phi) is 4.24. The van der Waals surface area contributed by atoms with Gasteiger partial charge in [-0.3, -0.25) is 4.79 Å². The maximum Gasteiger partial charge on any atom is 0.287 e. The van der Waals surface area contributed by atoms with Crippen LogP contribution in [0.25, 0.3) is 0 Å². The number of anilines is 1. The Balaban J connectivity index is 2.29. The van der Waals surface area contributed by atoms with Gasteiger partial charge in [-0.15, -0.1) is 0 Å². The van der Waals surface area contributed by atoms with E-state index in [2.05, 4.69) is 10.00 Å². The van der Waals surface area contributed by atoms with Crippen LogP contribution >= 0.6 is 11.6 Å². The molecule has 0 radical (unpaired) electrons. The summed E-state index contributed by atoms with van der Waals surface area (Å²) < 4.78 is 1.41. The average Bonchev–Trinajstić information content (AvgIpc) is 2.35. The first-order chi connectivity index (χ1) is 8.63. The van der Waals surface area contributed by atoms with Crippen molar-refractivity contribution in [3.8, 4) is 0 Å². The molecule has 2 N–H and O–H groups in total. The minimum absolute atomic E-state index is 0.146. The lowest BCUT2D eigenvalue weighted by atomic mass is 10.1. The lowest BCUT2D eigenvalue weighted by Gasteiger charge is -2.32. The van der Waals surface area contributed by atoms with Crippen molar-refractivity contribution in [3.63, 3.8) is 0 Å². The van der Waals surface area contributed by atoms with Gasteiger partial charge in [0.05, 0.1) is 11.9 Å². The van der Waals surface area contributed by atoms with Gasteiger partial charge in [-0.25, -0.2) is 4.68 Å². The summed E-state index contributed by atoms with van der Waals surface area (Å²) in [6.45, 7) is 4.21. The number of nitrogens with two attached hydrogens (primary N) is 1. The molecule has 0 unspecified atom stereocenters. The van der Waals surface area contributed by atoms with E-state index in [-0.39, 0.29) is 16.6 Å². The highest BCUT2D eigenvalue weighted by Crippen LogP contribution is 2.24. The highest BCUT2D eigenvalue weighted by atomic mass is 35.5. The van der Waals surface area contributed by atoms with Crippen LogP contribution in [0.1, 0.15) is 26.2 Å².